The van der Waals surface area contributed by atoms with Crippen LogP contribution in [0.25, 0.3) is 5.88 Å². The van der Waals surface area contributed by atoms with E-state index in [4.69, 9.17) is 16.0 Å². The molecular weight excluding hydrogens is 357 g/mol. The molecule has 0 N–H and O–H groups in total. The summed E-state index contributed by atoms with van der Waals surface area (Å²) in [6, 6.07) is 9.95. The summed E-state index contributed by atoms with van der Waals surface area (Å²) in [6.07, 6.45) is 3.44. The monoisotopic (exact) mass is 371 g/mol. The van der Waals surface area contributed by atoms with Crippen molar-refractivity contribution in [1.29, 1.82) is 5.26 Å². The fourth-order valence-electron chi connectivity index (χ4n) is 2.73. The summed E-state index contributed by atoms with van der Waals surface area (Å²) >= 11 is 6.03. The number of nitriles is 1. The van der Waals surface area contributed by atoms with Crippen LogP contribution in [0.2, 0.25) is 5.02 Å². The number of benzene rings is 1. The number of rotatable bonds is 4. The zero-order chi connectivity index (χ0) is 18.8. The third-order valence-corrected chi connectivity index (χ3v) is 4.39. The SMILES string of the molecule is Cc1oc(-n2cccc2)c(C#N)c1C(=O)N(C)Cc1c(F)cccc1Cl. The molecule has 2 heterocycles. The molecule has 3 rings (SSSR count). The van der Waals surface area contributed by atoms with Crippen LogP contribution in [0.15, 0.2) is 47.1 Å². The van der Waals surface area contributed by atoms with E-state index in [2.05, 4.69) is 0 Å². The van der Waals surface area contributed by atoms with Crippen LogP contribution in [-0.4, -0.2) is 22.4 Å². The number of aromatic nitrogens is 1. The quantitative estimate of drug-likeness (QED) is 0.686. The van der Waals surface area contributed by atoms with Gasteiger partial charge in [-0.15, -0.1) is 0 Å². The van der Waals surface area contributed by atoms with Crippen molar-refractivity contribution in [3.05, 3.63) is 76.0 Å². The normalized spacial score (nSPS) is 10.6. The molecule has 3 aromatic rings. The molecule has 0 bridgehead atoms. The number of amides is 1. The molecule has 5 nitrogen and oxygen atoms in total. The van der Waals surface area contributed by atoms with Gasteiger partial charge in [0.05, 0.1) is 0 Å². The summed E-state index contributed by atoms with van der Waals surface area (Å²) < 4.78 is 21.3. The predicted octanol–water partition coefficient (Wildman–Crippen LogP) is 4.32. The summed E-state index contributed by atoms with van der Waals surface area (Å²) in [5.41, 5.74) is 0.511. The summed E-state index contributed by atoms with van der Waals surface area (Å²) in [4.78, 5) is 14.2. The Bertz CT molecular complexity index is 982. The van der Waals surface area contributed by atoms with Crippen molar-refractivity contribution < 1.29 is 13.6 Å². The van der Waals surface area contributed by atoms with Gasteiger partial charge in [-0.05, 0) is 31.2 Å². The summed E-state index contributed by atoms with van der Waals surface area (Å²) in [6.45, 7) is 1.59. The van der Waals surface area contributed by atoms with E-state index in [0.29, 0.717) is 5.76 Å². The maximum atomic E-state index is 14.0. The highest BCUT2D eigenvalue weighted by Gasteiger charge is 2.27. The lowest BCUT2D eigenvalue weighted by molar-refractivity contribution is 0.0782. The van der Waals surface area contributed by atoms with Crippen LogP contribution >= 0.6 is 11.6 Å². The van der Waals surface area contributed by atoms with E-state index in [1.54, 1.807) is 42.1 Å². The molecule has 0 aliphatic heterocycles. The highest BCUT2D eigenvalue weighted by Crippen LogP contribution is 2.27. The number of aryl methyl sites for hydroxylation is 1. The van der Waals surface area contributed by atoms with Gasteiger partial charge in [-0.2, -0.15) is 5.26 Å². The smallest absolute Gasteiger partial charge is 0.258 e. The molecule has 0 unspecified atom stereocenters. The first-order valence-electron chi connectivity index (χ1n) is 7.79. The predicted molar refractivity (Wildman–Crippen MR) is 94.7 cm³/mol. The van der Waals surface area contributed by atoms with Gasteiger partial charge in [0.15, 0.2) is 0 Å². The minimum atomic E-state index is -0.491. The van der Waals surface area contributed by atoms with Crippen molar-refractivity contribution in [2.75, 3.05) is 7.05 Å². The van der Waals surface area contributed by atoms with E-state index in [9.17, 15) is 14.4 Å². The number of carbonyl (C=O) groups is 1. The number of nitrogens with zero attached hydrogens (tertiary/aromatic N) is 3. The first kappa shape index (κ1) is 17.8. The minimum Gasteiger partial charge on any atom is -0.443 e. The van der Waals surface area contributed by atoms with Gasteiger partial charge in [0.1, 0.15) is 28.8 Å². The maximum absolute atomic E-state index is 14.0. The minimum absolute atomic E-state index is 0.0291. The molecule has 0 fully saturated rings. The van der Waals surface area contributed by atoms with Crippen LogP contribution in [-0.2, 0) is 6.54 Å². The van der Waals surface area contributed by atoms with Crippen LogP contribution in [0, 0.1) is 24.1 Å². The number of hydrogen-bond acceptors (Lipinski definition) is 3. The molecule has 0 atom stereocenters. The molecule has 2 aromatic heterocycles. The molecule has 0 aliphatic rings. The van der Waals surface area contributed by atoms with Crippen LogP contribution < -0.4 is 0 Å². The summed E-state index contributed by atoms with van der Waals surface area (Å²) in [5, 5.41) is 9.78. The lowest BCUT2D eigenvalue weighted by Crippen LogP contribution is -2.27. The average Bonchev–Trinajstić information content (AvgIpc) is 3.24. The van der Waals surface area contributed by atoms with Crippen LogP contribution in [0.5, 0.6) is 0 Å². The second-order valence-corrected chi connectivity index (χ2v) is 6.18. The fourth-order valence-corrected chi connectivity index (χ4v) is 2.95. The van der Waals surface area contributed by atoms with Crippen molar-refractivity contribution in [2.45, 2.75) is 13.5 Å². The molecular formula is C19H15ClFN3O2. The number of hydrogen-bond donors (Lipinski definition) is 0. The van der Waals surface area contributed by atoms with Crippen LogP contribution in [0.1, 0.15) is 27.2 Å². The van der Waals surface area contributed by atoms with E-state index >= 15 is 0 Å². The van der Waals surface area contributed by atoms with Gasteiger partial charge in [-0.25, -0.2) is 4.39 Å². The van der Waals surface area contributed by atoms with Gasteiger partial charge < -0.3 is 9.32 Å². The summed E-state index contributed by atoms with van der Waals surface area (Å²) in [5.74, 6) is -0.340. The Morgan fingerprint density at radius 3 is 2.65 bits per heavy atom. The summed E-state index contributed by atoms with van der Waals surface area (Å²) in [7, 11) is 1.52. The van der Waals surface area contributed by atoms with Crippen molar-refractivity contribution in [3.8, 4) is 12.0 Å². The van der Waals surface area contributed by atoms with Crippen molar-refractivity contribution in [2.24, 2.45) is 0 Å². The zero-order valence-electron chi connectivity index (χ0n) is 14.2. The fraction of sp³-hybridized carbons (Fsp3) is 0.158. The Balaban J connectivity index is 1.96. The first-order valence-corrected chi connectivity index (χ1v) is 8.17. The zero-order valence-corrected chi connectivity index (χ0v) is 14.9. The van der Waals surface area contributed by atoms with Gasteiger partial charge in [0, 0.05) is 36.6 Å². The average molecular weight is 372 g/mol. The lowest BCUT2D eigenvalue weighted by Gasteiger charge is -2.18. The largest absolute Gasteiger partial charge is 0.443 e. The topological polar surface area (TPSA) is 62.2 Å². The van der Waals surface area contributed by atoms with Gasteiger partial charge in [0.2, 0.25) is 5.88 Å². The van der Waals surface area contributed by atoms with Crippen LogP contribution in [0.4, 0.5) is 4.39 Å². The van der Waals surface area contributed by atoms with Gasteiger partial charge in [-0.1, -0.05) is 17.7 Å². The molecule has 1 amide bonds. The molecule has 0 saturated heterocycles. The van der Waals surface area contributed by atoms with Crippen molar-refractivity contribution >= 4 is 17.5 Å². The van der Waals surface area contributed by atoms with Gasteiger partial charge in [-0.3, -0.25) is 9.36 Å². The van der Waals surface area contributed by atoms with Crippen LogP contribution in [0.3, 0.4) is 0 Å². The Morgan fingerprint density at radius 2 is 2.04 bits per heavy atom. The molecule has 0 aliphatic carbocycles. The Labute approximate surface area is 154 Å². The lowest BCUT2D eigenvalue weighted by atomic mass is 10.1. The maximum Gasteiger partial charge on any atom is 0.258 e. The van der Waals surface area contributed by atoms with Gasteiger partial charge >= 0.3 is 0 Å². The van der Waals surface area contributed by atoms with E-state index in [1.807, 2.05) is 6.07 Å². The van der Waals surface area contributed by atoms with E-state index in [-0.39, 0.29) is 34.1 Å². The Kier molecular flexibility index (Phi) is 4.83. The molecule has 0 radical (unpaired) electrons. The Morgan fingerprint density at radius 1 is 1.35 bits per heavy atom. The highest BCUT2D eigenvalue weighted by molar-refractivity contribution is 6.31. The van der Waals surface area contributed by atoms with Gasteiger partial charge in [0.25, 0.3) is 5.91 Å². The second kappa shape index (κ2) is 7.06. The number of carbonyl (C=O) groups excluding carboxylic acids is 1. The molecule has 0 spiro atoms. The third-order valence-electron chi connectivity index (χ3n) is 4.03. The standard InChI is InChI=1S/C19H15ClFN3O2/c1-12-17(13(10-22)19(26-12)24-8-3-4-9-24)18(25)23(2)11-14-15(20)6-5-7-16(14)21/h3-9H,11H2,1-2H3. The number of furan rings is 1. The van der Waals surface area contributed by atoms with E-state index < -0.39 is 11.7 Å². The highest BCUT2D eigenvalue weighted by atomic mass is 35.5. The number of halogens is 2. The molecule has 7 heteroatoms. The first-order chi connectivity index (χ1) is 12.4. The Hall–Kier alpha value is -3.04. The molecule has 26 heavy (non-hydrogen) atoms. The van der Waals surface area contributed by atoms with E-state index in [1.165, 1.54) is 24.1 Å². The second-order valence-electron chi connectivity index (χ2n) is 5.78. The van der Waals surface area contributed by atoms with E-state index in [0.717, 1.165) is 0 Å². The molecule has 132 valence electrons. The van der Waals surface area contributed by atoms with Crippen molar-refractivity contribution in [1.82, 2.24) is 9.47 Å². The molecule has 1 aromatic carbocycles. The third kappa shape index (κ3) is 3.09. The molecule has 0 saturated carbocycles. The van der Waals surface area contributed by atoms with Crippen molar-refractivity contribution in [3.63, 3.8) is 0 Å².